The van der Waals surface area contributed by atoms with Crippen molar-refractivity contribution in [3.05, 3.63) is 156 Å². The highest BCUT2D eigenvalue weighted by Crippen LogP contribution is 2.46. The third-order valence-corrected chi connectivity index (χ3v) is 12.5. The molecule has 0 unspecified atom stereocenters. The molecule has 2 aliphatic carbocycles. The molecule has 2 nitrogen and oxygen atoms in total. The van der Waals surface area contributed by atoms with E-state index >= 15 is 0 Å². The van der Waals surface area contributed by atoms with Crippen LogP contribution in [0.25, 0.3) is 10.8 Å². The van der Waals surface area contributed by atoms with Crippen molar-refractivity contribution in [2.75, 3.05) is 9.80 Å². The summed E-state index contributed by atoms with van der Waals surface area (Å²) >= 11 is 0. The van der Waals surface area contributed by atoms with Crippen molar-refractivity contribution in [1.82, 2.24) is 0 Å². The average Bonchev–Trinajstić information content (AvgIpc) is 3.23. The zero-order chi connectivity index (χ0) is 37.0. The Bertz CT molecular complexity index is 1960. The number of fused-ring (bicyclic) bond motifs is 1. The third kappa shape index (κ3) is 7.58. The first-order valence-corrected chi connectivity index (χ1v) is 21.0. The molecule has 0 radical (unpaired) electrons. The van der Waals surface area contributed by atoms with Crippen molar-refractivity contribution in [1.29, 1.82) is 0 Å². The van der Waals surface area contributed by atoms with Crippen LogP contribution < -0.4 is 9.80 Å². The highest BCUT2D eigenvalue weighted by molar-refractivity contribution is 6.07. The van der Waals surface area contributed by atoms with Crippen molar-refractivity contribution >= 4 is 44.9 Å². The van der Waals surface area contributed by atoms with Gasteiger partial charge in [0.05, 0.1) is 11.4 Å². The second-order valence-electron chi connectivity index (χ2n) is 16.7. The van der Waals surface area contributed by atoms with E-state index in [1.165, 1.54) is 131 Å². The van der Waals surface area contributed by atoms with Crippen LogP contribution in [0.1, 0.15) is 138 Å². The molecule has 0 saturated heterocycles. The van der Waals surface area contributed by atoms with E-state index in [4.69, 9.17) is 0 Å². The Morgan fingerprint density at radius 3 is 1.00 bits per heavy atom. The molecule has 0 amide bonds. The summed E-state index contributed by atoms with van der Waals surface area (Å²) in [4.78, 5) is 4.95. The van der Waals surface area contributed by atoms with Gasteiger partial charge in [0.1, 0.15) is 0 Å². The van der Waals surface area contributed by atoms with Crippen LogP contribution in [-0.2, 0) is 0 Å². The predicted molar refractivity (Wildman–Crippen MR) is 233 cm³/mol. The quantitative estimate of drug-likeness (QED) is 0.140. The molecule has 2 fully saturated rings. The molecular formula is C52H58N2. The van der Waals surface area contributed by atoms with Crippen molar-refractivity contribution in [2.24, 2.45) is 0 Å². The number of anilines is 6. The molecule has 6 aromatic rings. The minimum Gasteiger partial charge on any atom is -0.310 e. The number of hydrogen-bond acceptors (Lipinski definition) is 2. The molecule has 0 aromatic heterocycles. The predicted octanol–water partition coefficient (Wildman–Crippen LogP) is 16.1. The molecule has 2 saturated carbocycles. The fourth-order valence-corrected chi connectivity index (χ4v) is 9.19. The minimum absolute atomic E-state index is 0.486. The van der Waals surface area contributed by atoms with Gasteiger partial charge in [-0.3, -0.25) is 0 Å². The zero-order valence-corrected chi connectivity index (χ0v) is 33.0. The fourth-order valence-electron chi connectivity index (χ4n) is 9.19. The van der Waals surface area contributed by atoms with Gasteiger partial charge < -0.3 is 9.80 Å². The second-order valence-corrected chi connectivity index (χ2v) is 16.7. The van der Waals surface area contributed by atoms with Gasteiger partial charge in [-0.2, -0.15) is 0 Å². The molecule has 0 N–H and O–H groups in total. The van der Waals surface area contributed by atoms with E-state index in [1.54, 1.807) is 0 Å². The normalized spacial score (nSPS) is 15.6. The summed E-state index contributed by atoms with van der Waals surface area (Å²) in [6, 6.07) is 51.2. The lowest BCUT2D eigenvalue weighted by Crippen LogP contribution is -2.14. The van der Waals surface area contributed by atoms with E-state index in [2.05, 4.69) is 171 Å². The summed E-state index contributed by atoms with van der Waals surface area (Å²) in [6.07, 6.45) is 13.4. The number of hydrogen-bond donors (Lipinski definition) is 0. The summed E-state index contributed by atoms with van der Waals surface area (Å²) in [6.45, 7) is 9.09. The summed E-state index contributed by atoms with van der Waals surface area (Å²) in [5, 5.41) is 2.48. The summed E-state index contributed by atoms with van der Waals surface area (Å²) < 4.78 is 0. The maximum atomic E-state index is 2.47. The van der Waals surface area contributed by atoms with Crippen molar-refractivity contribution in [3.63, 3.8) is 0 Å². The van der Waals surface area contributed by atoms with Gasteiger partial charge in [0.15, 0.2) is 0 Å². The lowest BCUT2D eigenvalue weighted by Gasteiger charge is -2.31. The lowest BCUT2D eigenvalue weighted by atomic mass is 9.84. The molecule has 8 rings (SSSR count). The third-order valence-electron chi connectivity index (χ3n) is 12.5. The lowest BCUT2D eigenvalue weighted by molar-refractivity contribution is 0.443. The number of rotatable bonds is 10. The first kappa shape index (κ1) is 36.2. The average molecular weight is 711 g/mol. The first-order chi connectivity index (χ1) is 26.4. The molecular weight excluding hydrogens is 653 g/mol. The molecule has 2 heteroatoms. The van der Waals surface area contributed by atoms with Crippen LogP contribution in [0.2, 0.25) is 0 Å². The Morgan fingerprint density at radius 1 is 0.370 bits per heavy atom. The van der Waals surface area contributed by atoms with E-state index in [1.807, 2.05) is 0 Å². The van der Waals surface area contributed by atoms with E-state index in [0.29, 0.717) is 23.7 Å². The van der Waals surface area contributed by atoms with Gasteiger partial charge in [-0.1, -0.05) is 139 Å². The van der Waals surface area contributed by atoms with Gasteiger partial charge in [-0.05, 0) is 132 Å². The maximum absolute atomic E-state index is 2.47. The largest absolute Gasteiger partial charge is 0.310 e. The van der Waals surface area contributed by atoms with Gasteiger partial charge in [-0.15, -0.1) is 0 Å². The van der Waals surface area contributed by atoms with Gasteiger partial charge in [0.2, 0.25) is 0 Å². The maximum Gasteiger partial charge on any atom is 0.0541 e. The summed E-state index contributed by atoms with van der Waals surface area (Å²) in [5.74, 6) is 2.34. The second kappa shape index (κ2) is 16.3. The molecule has 6 aromatic carbocycles. The van der Waals surface area contributed by atoms with Crippen molar-refractivity contribution in [3.8, 4) is 0 Å². The summed E-state index contributed by atoms with van der Waals surface area (Å²) in [5.41, 5.74) is 12.8. The highest BCUT2D eigenvalue weighted by Gasteiger charge is 2.23. The van der Waals surface area contributed by atoms with Gasteiger partial charge >= 0.3 is 0 Å². The van der Waals surface area contributed by atoms with Crippen molar-refractivity contribution in [2.45, 2.75) is 116 Å². The van der Waals surface area contributed by atoms with Crippen LogP contribution in [0.5, 0.6) is 0 Å². The standard InChI is InChI=1S/C52H58N2/c1-37(2)39-19-27-45(28-20-39)53(47-31-23-43(24-32-47)41-13-7-5-8-14-41)51-35-36-52(50-18-12-11-17-49(50)51)54(46-29-21-40(22-30-46)38(3)4)48-33-25-44(26-34-48)42-15-9-6-10-16-42/h11-12,17-38,41-42H,5-10,13-16H2,1-4H3. The molecule has 54 heavy (non-hydrogen) atoms. The Hall–Kier alpha value is -4.82. The van der Waals surface area contributed by atoms with Gasteiger partial charge in [0, 0.05) is 33.5 Å². The Balaban J connectivity index is 1.25. The molecule has 0 spiro atoms. The zero-order valence-electron chi connectivity index (χ0n) is 33.0. The van der Waals surface area contributed by atoms with Crippen LogP contribution >= 0.6 is 0 Å². The monoisotopic (exact) mass is 710 g/mol. The minimum atomic E-state index is 0.486. The van der Waals surface area contributed by atoms with Crippen LogP contribution in [0.15, 0.2) is 133 Å². The number of nitrogens with zero attached hydrogens (tertiary/aromatic N) is 2. The van der Waals surface area contributed by atoms with Gasteiger partial charge in [-0.25, -0.2) is 0 Å². The van der Waals surface area contributed by atoms with Crippen LogP contribution in [0.3, 0.4) is 0 Å². The molecule has 0 atom stereocenters. The van der Waals surface area contributed by atoms with E-state index in [9.17, 15) is 0 Å². The Morgan fingerprint density at radius 2 is 0.685 bits per heavy atom. The number of benzene rings is 6. The molecule has 0 aliphatic heterocycles. The van der Waals surface area contributed by atoms with Crippen LogP contribution in [-0.4, -0.2) is 0 Å². The smallest absolute Gasteiger partial charge is 0.0541 e. The summed E-state index contributed by atoms with van der Waals surface area (Å²) in [7, 11) is 0. The molecule has 2 aliphatic rings. The fraction of sp³-hybridized carbons (Fsp3) is 0.346. The van der Waals surface area contributed by atoms with Crippen LogP contribution in [0, 0.1) is 0 Å². The Kier molecular flexibility index (Phi) is 10.9. The van der Waals surface area contributed by atoms with Crippen LogP contribution in [0.4, 0.5) is 34.1 Å². The van der Waals surface area contributed by atoms with E-state index in [-0.39, 0.29) is 0 Å². The SMILES string of the molecule is CC(C)c1ccc(N(c2ccc(C3CCCCC3)cc2)c2ccc(N(c3ccc(C(C)C)cc3)c3ccc(C4CCCCC4)cc3)c3ccccc23)cc1. The van der Waals surface area contributed by atoms with E-state index in [0.717, 1.165) is 0 Å². The first-order valence-electron chi connectivity index (χ1n) is 21.0. The van der Waals surface area contributed by atoms with E-state index < -0.39 is 0 Å². The highest BCUT2D eigenvalue weighted by atomic mass is 15.2. The van der Waals surface area contributed by atoms with Gasteiger partial charge in [0.25, 0.3) is 0 Å². The molecule has 0 bridgehead atoms. The van der Waals surface area contributed by atoms with Crippen molar-refractivity contribution < 1.29 is 0 Å². The topological polar surface area (TPSA) is 6.48 Å². The Labute approximate surface area is 324 Å². The molecule has 276 valence electrons. The molecule has 0 heterocycles.